The molecular formula is C32H25FN6. The van der Waals surface area contributed by atoms with Crippen LogP contribution in [0.5, 0.6) is 0 Å². The van der Waals surface area contributed by atoms with Gasteiger partial charge < -0.3 is 10.2 Å². The summed E-state index contributed by atoms with van der Waals surface area (Å²) < 4.78 is 16.0. The van der Waals surface area contributed by atoms with Crippen LogP contribution in [0.1, 0.15) is 28.4 Å². The van der Waals surface area contributed by atoms with Gasteiger partial charge in [0.2, 0.25) is 0 Å². The fraction of sp³-hybridized carbons (Fsp3) is 0.0938. The lowest BCUT2D eigenvalue weighted by atomic mass is 9.93. The second kappa shape index (κ2) is 9.06. The Morgan fingerprint density at radius 3 is 2.26 bits per heavy atom. The van der Waals surface area contributed by atoms with Gasteiger partial charge in [-0.1, -0.05) is 60.2 Å². The Morgan fingerprint density at radius 2 is 1.49 bits per heavy atom. The number of amidine groups is 2. The highest BCUT2D eigenvalue weighted by molar-refractivity contribution is 6.51. The van der Waals surface area contributed by atoms with Gasteiger partial charge in [0.05, 0.1) is 28.8 Å². The molecule has 4 aromatic carbocycles. The first-order chi connectivity index (χ1) is 19.1. The van der Waals surface area contributed by atoms with Gasteiger partial charge in [-0.25, -0.2) is 19.1 Å². The van der Waals surface area contributed by atoms with E-state index in [1.165, 1.54) is 17.7 Å². The number of fused-ring (bicyclic) bond motifs is 4. The monoisotopic (exact) mass is 512 g/mol. The minimum absolute atomic E-state index is 0.275. The van der Waals surface area contributed by atoms with E-state index in [0.29, 0.717) is 11.7 Å². The standard InChI is InChI=1S/C32H25FN6/c1-20-12-18-24(19-13-20)34-30-32-36-31-28(21(2)37-39(31)25-8-4-3-5-9-25)29(22-14-16-23(33)17-15-22)38(32)27-11-7-6-10-26(27)35-30/h3-19,29H,1-2H3,(H,34,35)/t29-/m1/s1. The maximum Gasteiger partial charge on any atom is 0.179 e. The molecule has 39 heavy (non-hydrogen) atoms. The molecule has 2 aliphatic rings. The van der Waals surface area contributed by atoms with Crippen LogP contribution in [0.15, 0.2) is 113 Å². The van der Waals surface area contributed by atoms with E-state index in [0.717, 1.165) is 45.4 Å². The summed E-state index contributed by atoms with van der Waals surface area (Å²) >= 11 is 0. The smallest absolute Gasteiger partial charge is 0.179 e. The molecule has 1 aromatic heterocycles. The van der Waals surface area contributed by atoms with Gasteiger partial charge in [-0.15, -0.1) is 0 Å². The third-order valence-corrected chi connectivity index (χ3v) is 7.14. The number of para-hydroxylation sites is 3. The average molecular weight is 513 g/mol. The van der Waals surface area contributed by atoms with Gasteiger partial charge in [0.25, 0.3) is 0 Å². The molecule has 0 saturated heterocycles. The number of nitrogens with one attached hydrogen (secondary N) is 1. The summed E-state index contributed by atoms with van der Waals surface area (Å²) in [6.45, 7) is 4.07. The molecular weight excluding hydrogens is 487 g/mol. The lowest BCUT2D eigenvalue weighted by Crippen LogP contribution is -2.46. The number of aryl methyl sites for hydroxylation is 2. The molecule has 0 radical (unpaired) electrons. The minimum Gasteiger partial charge on any atom is -0.337 e. The van der Waals surface area contributed by atoms with Crippen molar-refractivity contribution in [1.29, 1.82) is 0 Å². The molecule has 1 N–H and O–H groups in total. The number of hydrogen-bond donors (Lipinski definition) is 1. The quantitative estimate of drug-likeness (QED) is 0.274. The summed E-state index contributed by atoms with van der Waals surface area (Å²) in [6, 6.07) is 32.6. The van der Waals surface area contributed by atoms with E-state index in [9.17, 15) is 4.39 Å². The van der Waals surface area contributed by atoms with E-state index in [4.69, 9.17) is 15.1 Å². The molecule has 0 fully saturated rings. The van der Waals surface area contributed by atoms with E-state index in [1.54, 1.807) is 0 Å². The van der Waals surface area contributed by atoms with Gasteiger partial charge in [0, 0.05) is 11.3 Å². The fourth-order valence-corrected chi connectivity index (χ4v) is 5.28. The number of benzene rings is 4. The predicted octanol–water partition coefficient (Wildman–Crippen LogP) is 7.42. The highest BCUT2D eigenvalue weighted by Gasteiger charge is 2.41. The molecule has 0 unspecified atom stereocenters. The van der Waals surface area contributed by atoms with Crippen molar-refractivity contribution >= 4 is 34.6 Å². The van der Waals surface area contributed by atoms with Crippen molar-refractivity contribution in [3.8, 4) is 5.69 Å². The van der Waals surface area contributed by atoms with Crippen molar-refractivity contribution in [2.24, 2.45) is 9.98 Å². The lowest BCUT2D eigenvalue weighted by molar-refractivity contribution is 0.626. The average Bonchev–Trinajstić information content (AvgIpc) is 3.30. The Labute approximate surface area is 225 Å². The van der Waals surface area contributed by atoms with E-state index >= 15 is 0 Å². The number of hydrogen-bond acceptors (Lipinski definition) is 5. The molecule has 7 heteroatoms. The van der Waals surface area contributed by atoms with Crippen LogP contribution >= 0.6 is 0 Å². The number of halogens is 1. The summed E-state index contributed by atoms with van der Waals surface area (Å²) in [6.07, 6.45) is 0. The van der Waals surface area contributed by atoms with Gasteiger partial charge in [0.1, 0.15) is 5.82 Å². The second-order valence-electron chi connectivity index (χ2n) is 9.77. The zero-order chi connectivity index (χ0) is 26.5. The molecule has 3 heterocycles. The van der Waals surface area contributed by atoms with E-state index in [-0.39, 0.29) is 11.9 Å². The van der Waals surface area contributed by atoms with Crippen molar-refractivity contribution in [3.63, 3.8) is 0 Å². The first-order valence-electron chi connectivity index (χ1n) is 12.9. The van der Waals surface area contributed by atoms with Gasteiger partial charge in [-0.2, -0.15) is 5.10 Å². The van der Waals surface area contributed by atoms with Crippen LogP contribution in [-0.4, -0.2) is 21.5 Å². The summed E-state index contributed by atoms with van der Waals surface area (Å²) in [5.41, 5.74) is 7.53. The number of anilines is 2. The van der Waals surface area contributed by atoms with Crippen LogP contribution in [0.2, 0.25) is 0 Å². The number of rotatable bonds is 3. The molecule has 2 aliphatic heterocycles. The molecule has 0 aliphatic carbocycles. The third kappa shape index (κ3) is 3.90. The number of aliphatic imine (C=N–C) groups is 2. The number of nitrogens with zero attached hydrogens (tertiary/aromatic N) is 5. The number of aromatic nitrogens is 2. The van der Waals surface area contributed by atoms with E-state index in [2.05, 4.69) is 35.3 Å². The van der Waals surface area contributed by atoms with Crippen molar-refractivity contribution in [2.45, 2.75) is 19.9 Å². The van der Waals surface area contributed by atoms with Crippen LogP contribution < -0.4 is 10.2 Å². The highest BCUT2D eigenvalue weighted by Crippen LogP contribution is 2.48. The summed E-state index contributed by atoms with van der Waals surface area (Å²) in [5.74, 6) is 1.77. The van der Waals surface area contributed by atoms with Crippen LogP contribution in [0.4, 0.5) is 27.3 Å². The summed E-state index contributed by atoms with van der Waals surface area (Å²) in [4.78, 5) is 12.4. The molecule has 0 saturated carbocycles. The normalized spacial score (nSPS) is 15.6. The van der Waals surface area contributed by atoms with Gasteiger partial charge >= 0.3 is 0 Å². The highest BCUT2D eigenvalue weighted by atomic mass is 19.1. The first-order valence-corrected chi connectivity index (χ1v) is 12.9. The lowest BCUT2D eigenvalue weighted by Gasteiger charge is -2.40. The van der Waals surface area contributed by atoms with Gasteiger partial charge in [-0.3, -0.25) is 0 Å². The Kier molecular flexibility index (Phi) is 5.37. The first kappa shape index (κ1) is 23.1. The maximum absolute atomic E-state index is 14.1. The molecule has 0 amide bonds. The van der Waals surface area contributed by atoms with Crippen molar-refractivity contribution in [1.82, 2.24) is 9.78 Å². The topological polar surface area (TPSA) is 57.8 Å². The van der Waals surface area contributed by atoms with Gasteiger partial charge in [-0.05, 0) is 67.9 Å². The van der Waals surface area contributed by atoms with Crippen LogP contribution in [-0.2, 0) is 0 Å². The van der Waals surface area contributed by atoms with E-state index < -0.39 is 0 Å². The Bertz CT molecular complexity index is 1750. The van der Waals surface area contributed by atoms with Crippen LogP contribution in [0, 0.1) is 19.7 Å². The zero-order valence-corrected chi connectivity index (χ0v) is 21.5. The van der Waals surface area contributed by atoms with Crippen LogP contribution in [0.25, 0.3) is 5.69 Å². The molecule has 0 spiro atoms. The van der Waals surface area contributed by atoms with Crippen molar-refractivity contribution in [2.75, 3.05) is 10.2 Å². The molecule has 0 bridgehead atoms. The van der Waals surface area contributed by atoms with Crippen LogP contribution in [0.3, 0.4) is 0 Å². The molecule has 5 aromatic rings. The van der Waals surface area contributed by atoms with Crippen molar-refractivity contribution in [3.05, 3.63) is 131 Å². The fourth-order valence-electron chi connectivity index (χ4n) is 5.28. The third-order valence-electron chi connectivity index (χ3n) is 7.14. The SMILES string of the molecule is Cc1ccc(NC2=Nc3ccccc3N3C2=Nc2c(c(C)nn2-c2ccccc2)[C@H]3c2ccc(F)cc2)cc1. The van der Waals surface area contributed by atoms with E-state index in [1.807, 2.05) is 84.4 Å². The Balaban J connectivity index is 1.49. The largest absolute Gasteiger partial charge is 0.337 e. The van der Waals surface area contributed by atoms with Crippen molar-refractivity contribution < 1.29 is 4.39 Å². The minimum atomic E-state index is -0.294. The predicted molar refractivity (Wildman–Crippen MR) is 154 cm³/mol. The van der Waals surface area contributed by atoms with Gasteiger partial charge in [0.15, 0.2) is 17.5 Å². The summed E-state index contributed by atoms with van der Waals surface area (Å²) in [7, 11) is 0. The maximum atomic E-state index is 14.1. The second-order valence-corrected chi connectivity index (χ2v) is 9.77. The molecule has 7 rings (SSSR count). The molecule has 1 atom stereocenters. The Morgan fingerprint density at radius 1 is 0.769 bits per heavy atom. The summed E-state index contributed by atoms with van der Waals surface area (Å²) in [5, 5.41) is 8.45. The Hall–Kier alpha value is -5.04. The zero-order valence-electron chi connectivity index (χ0n) is 21.5. The molecule has 6 nitrogen and oxygen atoms in total. The molecule has 190 valence electrons.